The van der Waals surface area contributed by atoms with E-state index in [0.29, 0.717) is 67.6 Å². The quantitative estimate of drug-likeness (QED) is 0.188. The number of carbonyl (C=O) groups is 2. The number of amides is 2. The minimum atomic E-state index is -1.11. The highest BCUT2D eigenvalue weighted by molar-refractivity contribution is 6.39. The summed E-state index contributed by atoms with van der Waals surface area (Å²) in [5.41, 5.74) is 4.46. The number of nitrogens with one attached hydrogen (secondary N) is 1. The van der Waals surface area contributed by atoms with Crippen LogP contribution in [0.4, 0.5) is 4.79 Å². The molecule has 47 heavy (non-hydrogen) atoms. The molecule has 2 aromatic carbocycles. The van der Waals surface area contributed by atoms with E-state index >= 15 is 0 Å². The van der Waals surface area contributed by atoms with E-state index < -0.39 is 6.09 Å². The predicted octanol–water partition coefficient (Wildman–Crippen LogP) is 4.96. The molecule has 0 saturated carbocycles. The Morgan fingerprint density at radius 1 is 1.02 bits per heavy atom. The van der Waals surface area contributed by atoms with E-state index in [4.69, 9.17) is 27.9 Å². The van der Waals surface area contributed by atoms with Crippen molar-refractivity contribution in [1.82, 2.24) is 29.4 Å². The summed E-state index contributed by atoms with van der Waals surface area (Å²) < 4.78 is 8.18. The number of aliphatic hydroxyl groups is 1. The molecule has 0 aliphatic carbocycles. The van der Waals surface area contributed by atoms with E-state index in [-0.39, 0.29) is 49.8 Å². The number of aliphatic hydroxyl groups excluding tert-OH is 1. The van der Waals surface area contributed by atoms with Crippen LogP contribution < -0.4 is 15.7 Å². The number of hydrogen-bond donors (Lipinski definition) is 3. The Labute approximate surface area is 278 Å². The van der Waals surface area contributed by atoms with Gasteiger partial charge in [0.1, 0.15) is 0 Å². The van der Waals surface area contributed by atoms with Gasteiger partial charge in [-0.1, -0.05) is 59.6 Å². The fourth-order valence-corrected chi connectivity index (χ4v) is 6.39. The van der Waals surface area contributed by atoms with Crippen LogP contribution in [0.3, 0.4) is 0 Å². The van der Waals surface area contributed by atoms with Crippen LogP contribution in [0.2, 0.25) is 10.0 Å². The number of benzene rings is 2. The van der Waals surface area contributed by atoms with Crippen LogP contribution in [-0.4, -0.2) is 72.6 Å². The molecule has 1 aliphatic heterocycles. The topological polar surface area (TPSA) is 151 Å². The van der Waals surface area contributed by atoms with Crippen molar-refractivity contribution in [2.75, 3.05) is 20.3 Å². The number of rotatable bonds is 10. The number of hydrogen-bond acceptors (Lipinski definition) is 7. The summed E-state index contributed by atoms with van der Waals surface area (Å²) in [6.45, 7) is 0.0566. The number of nitrogens with zero attached hydrogens (tertiary/aromatic N) is 5. The normalized spacial score (nSPS) is 14.4. The van der Waals surface area contributed by atoms with Crippen LogP contribution in [-0.2, 0) is 17.9 Å². The summed E-state index contributed by atoms with van der Waals surface area (Å²) in [5.74, 6) is 0.163. The summed E-state index contributed by atoms with van der Waals surface area (Å²) in [6, 6.07) is 17.9. The molecule has 3 aromatic heterocycles. The minimum Gasteiger partial charge on any atom is -0.481 e. The fourth-order valence-electron chi connectivity index (χ4n) is 5.73. The molecule has 12 nitrogen and oxygen atoms in total. The standard InChI is InChI=1S/C33H30Cl2N6O6/c1-47-31-20(16-39(33(45)46)18-21-10-13-28(43)36-21)8-11-26(37-31)25-7-3-6-24(30(25)35)23-5-2-4-22(29(23)34)19-9-12-27-38-41(14-15-42)32(44)40(27)17-19/h2-9,11-12,17,21,42H,10,13-16,18H2,1H3,(H,36,43)(H,45,46)/t21-/m0/s1. The van der Waals surface area contributed by atoms with Gasteiger partial charge in [-0.15, -0.1) is 5.10 Å². The fraction of sp³-hybridized carbons (Fsp3) is 0.242. The molecule has 0 spiro atoms. The Morgan fingerprint density at radius 3 is 2.38 bits per heavy atom. The van der Waals surface area contributed by atoms with E-state index in [0.717, 1.165) is 0 Å². The molecule has 1 saturated heterocycles. The number of methoxy groups -OCH3 is 1. The first-order valence-corrected chi connectivity index (χ1v) is 15.5. The molecule has 1 aliphatic rings. The van der Waals surface area contributed by atoms with Gasteiger partial charge in [-0.3, -0.25) is 4.79 Å². The van der Waals surface area contributed by atoms with Crippen LogP contribution in [0.1, 0.15) is 18.4 Å². The van der Waals surface area contributed by atoms with Crippen molar-refractivity contribution in [3.8, 4) is 39.4 Å². The zero-order chi connectivity index (χ0) is 33.2. The van der Waals surface area contributed by atoms with Crippen molar-refractivity contribution in [2.24, 2.45) is 0 Å². The Morgan fingerprint density at radius 2 is 1.72 bits per heavy atom. The van der Waals surface area contributed by atoms with Gasteiger partial charge < -0.3 is 25.2 Å². The Bertz CT molecular complexity index is 2060. The first-order chi connectivity index (χ1) is 22.7. The summed E-state index contributed by atoms with van der Waals surface area (Å²) in [7, 11) is 1.46. The largest absolute Gasteiger partial charge is 0.481 e. The van der Waals surface area contributed by atoms with Gasteiger partial charge in [0.15, 0.2) is 5.65 Å². The summed E-state index contributed by atoms with van der Waals surface area (Å²) in [5, 5.41) is 26.9. The van der Waals surface area contributed by atoms with Crippen molar-refractivity contribution in [3.05, 3.63) is 93.0 Å². The van der Waals surface area contributed by atoms with Crippen LogP contribution in [0.5, 0.6) is 5.88 Å². The molecule has 0 bridgehead atoms. The molecule has 0 radical (unpaired) electrons. The van der Waals surface area contributed by atoms with Gasteiger partial charge in [-0.2, -0.15) is 0 Å². The van der Waals surface area contributed by atoms with Gasteiger partial charge in [0, 0.05) is 58.6 Å². The molecule has 3 N–H and O–H groups in total. The first kappa shape index (κ1) is 32.0. The molecule has 5 aromatic rings. The lowest BCUT2D eigenvalue weighted by molar-refractivity contribution is -0.119. The lowest BCUT2D eigenvalue weighted by atomic mass is 9.97. The van der Waals surface area contributed by atoms with Gasteiger partial charge in [0.05, 0.1) is 42.5 Å². The number of pyridine rings is 2. The van der Waals surface area contributed by atoms with Gasteiger partial charge in [-0.05, 0) is 30.7 Å². The number of aromatic nitrogens is 4. The third-order valence-corrected chi connectivity index (χ3v) is 8.87. The molecule has 242 valence electrons. The van der Waals surface area contributed by atoms with E-state index in [1.165, 1.54) is 21.1 Å². The molecule has 2 amide bonds. The average Bonchev–Trinajstić information content (AvgIpc) is 3.62. The van der Waals surface area contributed by atoms with E-state index in [9.17, 15) is 24.6 Å². The summed E-state index contributed by atoms with van der Waals surface area (Å²) in [6.07, 6.45) is 1.50. The predicted molar refractivity (Wildman–Crippen MR) is 177 cm³/mol. The van der Waals surface area contributed by atoms with Gasteiger partial charge in [-0.25, -0.2) is 23.7 Å². The highest BCUT2D eigenvalue weighted by Gasteiger charge is 2.26. The van der Waals surface area contributed by atoms with Crippen molar-refractivity contribution >= 4 is 40.8 Å². The Kier molecular flexibility index (Phi) is 9.17. The monoisotopic (exact) mass is 676 g/mol. The maximum Gasteiger partial charge on any atom is 0.407 e. The van der Waals surface area contributed by atoms with Crippen LogP contribution in [0.25, 0.3) is 39.2 Å². The Hall–Kier alpha value is -4.91. The maximum atomic E-state index is 12.8. The zero-order valence-corrected chi connectivity index (χ0v) is 26.7. The third kappa shape index (κ3) is 6.39. The lowest BCUT2D eigenvalue weighted by Crippen LogP contribution is -2.41. The van der Waals surface area contributed by atoms with Gasteiger partial charge in [0.2, 0.25) is 11.8 Å². The Balaban J connectivity index is 1.31. The number of ether oxygens (including phenoxy) is 1. The summed E-state index contributed by atoms with van der Waals surface area (Å²) in [4.78, 5) is 42.3. The SMILES string of the molecule is COc1nc(-c2cccc(-c3cccc(-c4ccc5nn(CCO)c(=O)n5c4)c3Cl)c2Cl)ccc1CN(C[C@@H]1CCC(=O)N1)C(=O)O. The van der Waals surface area contributed by atoms with E-state index in [1.807, 2.05) is 42.5 Å². The summed E-state index contributed by atoms with van der Waals surface area (Å²) >= 11 is 14.0. The van der Waals surface area contributed by atoms with E-state index in [1.54, 1.807) is 24.4 Å². The van der Waals surface area contributed by atoms with Crippen LogP contribution in [0.15, 0.2) is 71.7 Å². The lowest BCUT2D eigenvalue weighted by Gasteiger charge is -2.23. The van der Waals surface area contributed by atoms with Crippen LogP contribution >= 0.6 is 23.2 Å². The molecule has 1 atom stereocenters. The smallest absolute Gasteiger partial charge is 0.407 e. The maximum absolute atomic E-state index is 12.8. The third-order valence-electron chi connectivity index (χ3n) is 8.05. The van der Waals surface area contributed by atoms with Crippen molar-refractivity contribution in [3.63, 3.8) is 0 Å². The highest BCUT2D eigenvalue weighted by atomic mass is 35.5. The molecule has 6 rings (SSSR count). The second kappa shape index (κ2) is 13.4. The highest BCUT2D eigenvalue weighted by Crippen LogP contribution is 2.42. The second-order valence-electron chi connectivity index (χ2n) is 11.0. The molecular weight excluding hydrogens is 647 g/mol. The first-order valence-electron chi connectivity index (χ1n) is 14.8. The van der Waals surface area contributed by atoms with Crippen molar-refractivity contribution < 1.29 is 24.5 Å². The molecule has 14 heteroatoms. The average molecular weight is 678 g/mol. The van der Waals surface area contributed by atoms with Crippen molar-refractivity contribution in [2.45, 2.75) is 32.0 Å². The molecule has 0 unspecified atom stereocenters. The molecule has 1 fully saturated rings. The second-order valence-corrected chi connectivity index (χ2v) is 11.8. The van der Waals surface area contributed by atoms with Crippen LogP contribution in [0, 0.1) is 0 Å². The zero-order valence-electron chi connectivity index (χ0n) is 25.2. The van der Waals surface area contributed by atoms with Crippen molar-refractivity contribution in [1.29, 1.82) is 0 Å². The van der Waals surface area contributed by atoms with E-state index in [2.05, 4.69) is 15.4 Å². The molecular formula is C33H30Cl2N6O6. The van der Waals surface area contributed by atoms with Gasteiger partial charge >= 0.3 is 11.8 Å². The number of carboxylic acid groups (broad SMARTS) is 1. The number of halogens is 2. The molecule has 4 heterocycles. The number of carbonyl (C=O) groups excluding carboxylic acids is 1. The minimum absolute atomic E-state index is 0.0223. The number of fused-ring (bicyclic) bond motifs is 1. The van der Waals surface area contributed by atoms with Gasteiger partial charge in [0.25, 0.3) is 0 Å².